The Morgan fingerprint density at radius 2 is 0.493 bits per heavy atom. The van der Waals surface area contributed by atoms with Crippen molar-refractivity contribution >= 4 is 125 Å². The van der Waals surface area contributed by atoms with Crippen molar-refractivity contribution < 1.29 is 262 Å². The maximum absolute atomic E-state index is 11.4. The molecule has 0 heterocycles. The number of aliphatic hydroxyl groups excluding tert-OH is 1. The van der Waals surface area contributed by atoms with Gasteiger partial charge in [0.1, 0.15) is 11.5 Å². The predicted molar refractivity (Wildman–Crippen MR) is 555 cm³/mol. The van der Waals surface area contributed by atoms with Gasteiger partial charge >= 0.3 is 101 Å². The summed E-state index contributed by atoms with van der Waals surface area (Å²) in [5.41, 5.74) is 44.7. The van der Waals surface area contributed by atoms with Crippen LogP contribution in [-0.4, -0.2) is 276 Å². The van der Waals surface area contributed by atoms with Gasteiger partial charge in [0.25, 0.3) is 2.86 Å². The molecule has 4 amide bonds. The van der Waals surface area contributed by atoms with Gasteiger partial charge in [0.2, 0.25) is 25.1 Å². The van der Waals surface area contributed by atoms with Gasteiger partial charge in [-0.05, 0) is 256 Å². The van der Waals surface area contributed by atoms with Crippen LogP contribution in [0.15, 0.2) is 48.4 Å². The lowest BCUT2D eigenvalue weighted by atomic mass is 10.1. The topological polar surface area (TPSA) is 1010 Å². The van der Waals surface area contributed by atoms with Crippen LogP contribution in [0.3, 0.4) is 0 Å². The Labute approximate surface area is 938 Å². The maximum Gasteiger partial charge on any atom is 0.338 e. The van der Waals surface area contributed by atoms with E-state index in [1.165, 1.54) is 24.3 Å². The van der Waals surface area contributed by atoms with Crippen molar-refractivity contribution in [2.75, 3.05) is 52.4 Å². The fourth-order valence-corrected chi connectivity index (χ4v) is 7.45. The zero-order valence-corrected chi connectivity index (χ0v) is 83.6. The van der Waals surface area contributed by atoms with Gasteiger partial charge in [0, 0.05) is 178 Å². The molecule has 0 aromatic heterocycles. The van der Waals surface area contributed by atoms with Gasteiger partial charge < -0.3 is 158 Å². The number of aliphatic carboxylic acids is 15. The van der Waals surface area contributed by atoms with Gasteiger partial charge in [-0.15, -0.1) is 0 Å². The summed E-state index contributed by atoms with van der Waals surface area (Å²) in [5.74, 6) is -24.1. The highest BCUT2D eigenvalue weighted by Gasteiger charge is 2.10. The summed E-state index contributed by atoms with van der Waals surface area (Å²) in [4.78, 5) is 218. The number of hydrogen-bond acceptors (Lipinski definition) is 33. The number of esters is 2. The van der Waals surface area contributed by atoms with Gasteiger partial charge in [-0.25, -0.2) is 9.59 Å². The third-order valence-corrected chi connectivity index (χ3v) is 13.8. The molecular weight excluding hydrogens is 1990 g/mol. The number of phenols is 2. The van der Waals surface area contributed by atoms with Crippen molar-refractivity contribution in [3.63, 3.8) is 0 Å². The third kappa shape index (κ3) is 211. The molecule has 874 valence electrons. The van der Waals surface area contributed by atoms with Gasteiger partial charge in [0.05, 0.1) is 29.8 Å². The van der Waals surface area contributed by atoms with Crippen molar-refractivity contribution in [1.82, 2.24) is 0 Å². The first-order chi connectivity index (χ1) is 86.5. The van der Waals surface area contributed by atoms with Crippen molar-refractivity contribution in [2.24, 2.45) is 51.6 Å². The van der Waals surface area contributed by atoms with E-state index in [1.807, 2.05) is 0 Å². The van der Waals surface area contributed by atoms with E-state index in [-0.39, 0.29) is 138 Å². The Morgan fingerprint density at radius 1 is 0.253 bits per heavy atom. The number of nitrogens with two attached hydrogens (primary N) is 9. The number of carboxylic acids is 15. The number of carbonyl (C=O) groups excluding carboxylic acids is 6. The number of hydrogen-bond donors (Lipinski definition) is 27. The molecule has 51 nitrogen and oxygen atoms in total. The molecule has 0 saturated heterocycles. The van der Waals surface area contributed by atoms with Crippen molar-refractivity contribution in [3.8, 4) is 11.5 Å². The van der Waals surface area contributed by atoms with E-state index in [0.29, 0.717) is 128 Å². The molecule has 2 aromatic carbocycles. The number of carboxylic acid groups (broad SMARTS) is 15. The van der Waals surface area contributed by atoms with E-state index in [9.17, 15) is 106 Å². The minimum absolute atomic E-state index is 0. The summed E-state index contributed by atoms with van der Waals surface area (Å²) >= 11 is 0. The lowest BCUT2D eigenvalue weighted by Crippen LogP contribution is -2.09. The van der Waals surface area contributed by atoms with E-state index < -0.39 is 284 Å². The second-order valence-electron chi connectivity index (χ2n) is 26.8. The van der Waals surface area contributed by atoms with Crippen LogP contribution in [0.1, 0.15) is 449 Å². The number of rotatable bonds is 72. The predicted octanol–water partition coefficient (Wildman–Crippen LogP) is 10.6. The van der Waals surface area contributed by atoms with E-state index in [4.69, 9.17) is 187 Å². The molecule has 0 saturated carbocycles. The summed E-state index contributed by atoms with van der Waals surface area (Å²) in [6, 6.07) is 3.45. The average Bonchev–Trinajstić information content (AvgIpc) is 0.708. The van der Waals surface area contributed by atoms with Crippen LogP contribution in [0.5, 0.6) is 11.5 Å². The number of phenolic OH excluding ortho intramolecular Hbond substituents is 2. The largest absolute Gasteiger partial charge is 0.508 e. The first-order valence-corrected chi connectivity index (χ1v) is 44.6. The van der Waals surface area contributed by atoms with Gasteiger partial charge in [0.15, 0.2) is 0 Å². The van der Waals surface area contributed by atoms with Gasteiger partial charge in [-0.2, -0.15) is 0 Å². The van der Waals surface area contributed by atoms with Crippen LogP contribution in [0.2, 0.25) is 0 Å². The zero-order valence-electron chi connectivity index (χ0n) is 127. The van der Waals surface area contributed by atoms with E-state index in [0.717, 1.165) is 32.1 Å². The standard InChI is InChI=1S/2C9H10O3.4C7H13NO3.3C7H12O4.5C6H13NO2.C2H6O.H2O/c2*1-2-12-9(11)7-3-5-8(10)6-4-7;7*8-6(9)4-2-1-3-5-7(10)11;5*7-5-3-1-2-4-6(8)9;1-2-3;/h2*3-6,10H,2H2,1H3;4*1-5H2,(H2,8,9)(H,10,11);3*1-5H2,(H,8,9)(H,10,11);5*1-5,7H2,(H,8,9);3H,2H2,1H3;1H2/i3D,4D,5D,6D;;4D2,5D2;4D2;;;1D2,2D2,3D2,4D2,5D2;1D2,2D2,3D2;;1D2,2D2,3D2;4D2,5D2;5D2;4D2;;3D;/hD2. The Hall–Kier alpha value is -13.4. The highest BCUT2D eigenvalue weighted by atomic mass is 16.5. The number of aliphatic hydroxyl groups is 1. The van der Waals surface area contributed by atoms with Crippen LogP contribution in [0.25, 0.3) is 2.86 Å². The number of unbranched alkanes of at least 4 members (excludes halogenated alkanes) is 11. The molecule has 0 spiro atoms. The second kappa shape index (κ2) is 136. The number of ether oxygens (including phenoxy) is 2. The molecule has 0 aliphatic heterocycles. The average molecular weight is 2210 g/mol. The first-order valence-electron chi connectivity index (χ1n) is 65.8. The van der Waals surface area contributed by atoms with E-state index >= 15 is 0 Å². The Bertz CT molecular complexity index is 5550. The zero-order chi connectivity index (χ0) is 155. The van der Waals surface area contributed by atoms with E-state index in [1.54, 1.807) is 20.8 Å². The second-order valence-corrected chi connectivity index (χ2v) is 26.8. The normalized spacial score (nSPS) is 15.2. The molecule has 0 aliphatic carbocycles. The van der Waals surface area contributed by atoms with Crippen LogP contribution in [0, 0.1) is 0 Å². The lowest BCUT2D eigenvalue weighted by Gasteiger charge is -2.00. The summed E-state index contributed by atoms with van der Waals surface area (Å²) in [6.45, 7) is 2.92. The molecule has 38 N–H and O–H groups in total. The minimum Gasteiger partial charge on any atom is -0.508 e. The molecule has 0 unspecified atom stereocenters. The number of carbonyl (C=O) groups is 21. The number of amides is 4. The maximum atomic E-state index is 11.4. The Kier molecular flexibility index (Phi) is 82.8. The highest BCUT2D eigenvalue weighted by molar-refractivity contribution is 5.90. The first kappa shape index (κ1) is 91.6. The number of benzene rings is 2. The number of aromatic hydroxyl groups is 2. The van der Waals surface area contributed by atoms with Crippen LogP contribution >= 0.6 is 0 Å². The quantitative estimate of drug-likeness (QED) is 0.0216. The molecule has 150 heavy (non-hydrogen) atoms. The monoisotopic (exact) mass is 2210 g/mol. The fraction of sp³-hybridized carbons (Fsp3) is 0.667. The molecule has 0 radical (unpaired) electrons. The Balaban J connectivity index is -0.000000149. The molecule has 2 aromatic rings. The fourth-order valence-electron chi connectivity index (χ4n) is 7.45. The molecule has 0 aliphatic rings. The van der Waals surface area contributed by atoms with Gasteiger partial charge in [-0.1, -0.05) is 76.9 Å². The molecule has 51 heteroatoms. The molecule has 2 rings (SSSR count). The van der Waals surface area contributed by atoms with Crippen LogP contribution < -0.4 is 51.6 Å². The summed E-state index contributed by atoms with van der Waals surface area (Å²) in [7, 11) is 0. The summed E-state index contributed by atoms with van der Waals surface area (Å²) < 4.78 is 316. The van der Waals surface area contributed by atoms with Crippen molar-refractivity contribution in [1.29, 1.82) is 4.29 Å². The summed E-state index contributed by atoms with van der Waals surface area (Å²) in [5, 5.41) is 136. The minimum atomic E-state index is -4.13. The third-order valence-electron chi connectivity index (χ3n) is 13.8. The van der Waals surface area contributed by atoms with Crippen LogP contribution in [-0.2, 0) is 101 Å². The lowest BCUT2D eigenvalue weighted by molar-refractivity contribution is -0.138. The molecule has 0 fully saturated rings. The SMILES string of the molecule is CCOC(=O)c1ccc(O)cc1.NC(=O)CCCCCC(=O)O.NC(=O)CCCCCC(=O)O.NCCCCCC(=O)O.O.O=C(O)CCCCCC(=O)O.[2H]C([2H])(CC(=O)O)C([2H])([2H])C([2H])([2H])CC(=O)O.[2H]C([2H])(CCCC([2H])([2H])C(=O)O)C(N)=O.[2H]C([2H])(CCCCC(=O)O)C(N)=O.[2H]C([2H])(CCCCN)C(=O)O.[2H]C([2H])(CN)C([2H])([2H])C([2H])([2H])CC(=O)O.[2H]C([2H])(N)CCCC([2H])([2H])C(=O)O.[2H]C([2H])(N)CCCCC(=O)O.[2H]OC(=O)C([2H])([2H])C([2H])([2H])C([2H])([2H])C([2H])([2H])C([2H])([2H])C(=O)O[2H].[2H]OCC.[2H]c1c([2H])c(C(=O)OCC)c([2H])c([2H])c1O. The van der Waals surface area contributed by atoms with Crippen molar-refractivity contribution in [2.45, 2.75) is 373 Å². The molecule has 0 bridgehead atoms. The van der Waals surface area contributed by atoms with Crippen molar-refractivity contribution in [3.05, 3.63) is 59.6 Å². The summed E-state index contributed by atoms with van der Waals surface area (Å²) in [6.07, 6.45) is -39.7. The highest BCUT2D eigenvalue weighted by Crippen LogP contribution is 2.14. The van der Waals surface area contributed by atoms with Gasteiger partial charge in [-0.3, -0.25) is 91.1 Å². The number of primary amides is 4. The van der Waals surface area contributed by atoms with Crippen LogP contribution in [0.4, 0.5) is 0 Å². The molecular formula is C99H181N9O42. The Morgan fingerprint density at radius 3 is 0.740 bits per heavy atom. The smallest absolute Gasteiger partial charge is 0.338 e. The molecule has 0 atom stereocenters. The van der Waals surface area contributed by atoms with E-state index in [2.05, 4.69) is 20.1 Å².